The van der Waals surface area contributed by atoms with Crippen molar-refractivity contribution in [3.8, 4) is 0 Å². The Morgan fingerprint density at radius 1 is 1.07 bits per heavy atom. The second-order valence-corrected chi connectivity index (χ2v) is 7.55. The summed E-state index contributed by atoms with van der Waals surface area (Å²) in [7, 11) is 3.85. The number of benzene rings is 1. The maximum Gasteiger partial charge on any atom is 0.256 e. The van der Waals surface area contributed by atoms with Gasteiger partial charge in [-0.2, -0.15) is 0 Å². The fraction of sp³-hybridized carbons (Fsp3) is 0.381. The normalized spacial score (nSPS) is 16.7. The van der Waals surface area contributed by atoms with Gasteiger partial charge in [0.15, 0.2) is 0 Å². The van der Waals surface area contributed by atoms with Crippen LogP contribution in [0.1, 0.15) is 40.9 Å². The number of fused-ring (bicyclic) bond motifs is 1. The zero-order chi connectivity index (χ0) is 19.0. The first kappa shape index (κ1) is 17.7. The van der Waals surface area contributed by atoms with E-state index in [0.29, 0.717) is 16.9 Å². The Morgan fingerprint density at radius 2 is 1.81 bits per heavy atom. The van der Waals surface area contributed by atoms with Gasteiger partial charge in [-0.15, -0.1) is 0 Å². The SMILES string of the molecule is CN(C)C1(C(=O)Nc2cccc(NC(=O)c3ccnc4c3CCC4)c2)CC1. The Kier molecular flexibility index (Phi) is 4.44. The van der Waals surface area contributed by atoms with Crippen LogP contribution in [-0.4, -0.2) is 41.3 Å². The quantitative estimate of drug-likeness (QED) is 0.856. The van der Waals surface area contributed by atoms with Gasteiger partial charge >= 0.3 is 0 Å². The van der Waals surface area contributed by atoms with Crippen molar-refractivity contribution in [1.82, 2.24) is 9.88 Å². The lowest BCUT2D eigenvalue weighted by molar-refractivity contribution is -0.121. The average molecular weight is 364 g/mol. The van der Waals surface area contributed by atoms with Gasteiger partial charge < -0.3 is 10.6 Å². The zero-order valence-corrected chi connectivity index (χ0v) is 15.7. The van der Waals surface area contributed by atoms with E-state index in [-0.39, 0.29) is 11.8 Å². The van der Waals surface area contributed by atoms with Crippen LogP contribution in [0.5, 0.6) is 0 Å². The van der Waals surface area contributed by atoms with Crippen LogP contribution in [0.15, 0.2) is 36.5 Å². The number of pyridine rings is 1. The molecule has 0 atom stereocenters. The second-order valence-electron chi connectivity index (χ2n) is 7.55. The molecule has 2 aromatic rings. The van der Waals surface area contributed by atoms with Crippen LogP contribution in [0.25, 0.3) is 0 Å². The molecule has 0 unspecified atom stereocenters. The number of amides is 2. The number of hydrogen-bond donors (Lipinski definition) is 2. The van der Waals surface area contributed by atoms with E-state index in [1.54, 1.807) is 18.3 Å². The predicted molar refractivity (Wildman–Crippen MR) is 105 cm³/mol. The molecule has 2 aliphatic rings. The standard InChI is InChI=1S/C21H24N4O2/c1-25(2)21(10-11-21)20(27)24-15-6-3-5-14(13-15)23-19(26)17-9-12-22-18-8-4-7-16(17)18/h3,5-6,9,12-13H,4,7-8,10-11H2,1-2H3,(H,23,26)(H,24,27). The van der Waals surface area contributed by atoms with E-state index in [2.05, 4.69) is 15.6 Å². The molecule has 2 aliphatic carbocycles. The Labute approximate surface area is 159 Å². The van der Waals surface area contributed by atoms with Crippen molar-refractivity contribution in [2.75, 3.05) is 24.7 Å². The average Bonchev–Trinajstić information content (AvgIpc) is 3.33. The van der Waals surface area contributed by atoms with E-state index in [9.17, 15) is 9.59 Å². The van der Waals surface area contributed by atoms with Crippen LogP contribution >= 0.6 is 0 Å². The predicted octanol–water partition coefficient (Wildman–Crippen LogP) is 2.86. The number of rotatable bonds is 5. The molecule has 0 radical (unpaired) electrons. The molecule has 2 N–H and O–H groups in total. The van der Waals surface area contributed by atoms with E-state index in [4.69, 9.17) is 0 Å². The first-order valence-corrected chi connectivity index (χ1v) is 9.37. The number of nitrogens with zero attached hydrogens (tertiary/aromatic N) is 2. The molecule has 1 aromatic heterocycles. The number of nitrogens with one attached hydrogen (secondary N) is 2. The first-order valence-electron chi connectivity index (χ1n) is 9.37. The van der Waals surface area contributed by atoms with Gasteiger partial charge in [-0.05, 0) is 76.0 Å². The largest absolute Gasteiger partial charge is 0.324 e. The molecule has 1 saturated carbocycles. The minimum atomic E-state index is -0.392. The van der Waals surface area contributed by atoms with Gasteiger partial charge in [0, 0.05) is 28.8 Å². The van der Waals surface area contributed by atoms with Gasteiger partial charge in [0.2, 0.25) is 5.91 Å². The topological polar surface area (TPSA) is 74.3 Å². The van der Waals surface area contributed by atoms with Crippen LogP contribution in [-0.2, 0) is 17.6 Å². The number of anilines is 2. The van der Waals surface area contributed by atoms with Crippen molar-refractivity contribution in [1.29, 1.82) is 0 Å². The van der Waals surface area contributed by atoms with Crippen LogP contribution < -0.4 is 10.6 Å². The highest BCUT2D eigenvalue weighted by atomic mass is 16.2. The number of likely N-dealkylation sites (N-methyl/N-ethyl adjacent to an activating group) is 1. The molecule has 140 valence electrons. The molecule has 0 spiro atoms. The Morgan fingerprint density at radius 3 is 2.52 bits per heavy atom. The van der Waals surface area contributed by atoms with Crippen LogP contribution in [0.4, 0.5) is 11.4 Å². The van der Waals surface area contributed by atoms with Crippen molar-refractivity contribution in [2.45, 2.75) is 37.6 Å². The van der Waals surface area contributed by atoms with Gasteiger partial charge in [0.1, 0.15) is 5.54 Å². The van der Waals surface area contributed by atoms with Gasteiger partial charge in [-0.1, -0.05) is 6.07 Å². The summed E-state index contributed by atoms with van der Waals surface area (Å²) in [6, 6.07) is 9.07. The van der Waals surface area contributed by atoms with Crippen LogP contribution in [0, 0.1) is 0 Å². The molecular formula is C21H24N4O2. The zero-order valence-electron chi connectivity index (χ0n) is 15.7. The van der Waals surface area contributed by atoms with Gasteiger partial charge in [-0.3, -0.25) is 19.5 Å². The minimum absolute atomic E-state index is 0.00271. The van der Waals surface area contributed by atoms with Crippen molar-refractivity contribution >= 4 is 23.2 Å². The lowest BCUT2D eigenvalue weighted by Gasteiger charge is -2.22. The van der Waals surface area contributed by atoms with E-state index in [1.165, 1.54) is 0 Å². The molecule has 6 heteroatoms. The van der Waals surface area contributed by atoms with Gasteiger partial charge in [0.25, 0.3) is 5.91 Å². The third kappa shape index (κ3) is 3.32. The summed E-state index contributed by atoms with van der Waals surface area (Å²) in [5.41, 5.74) is 3.73. The van der Waals surface area contributed by atoms with Gasteiger partial charge in [0.05, 0.1) is 0 Å². The number of hydrogen-bond acceptors (Lipinski definition) is 4. The summed E-state index contributed by atoms with van der Waals surface area (Å²) in [5.74, 6) is -0.131. The highest BCUT2D eigenvalue weighted by Crippen LogP contribution is 2.41. The maximum absolute atomic E-state index is 12.7. The van der Waals surface area contributed by atoms with E-state index >= 15 is 0 Å². The lowest BCUT2D eigenvalue weighted by atomic mass is 10.1. The summed E-state index contributed by atoms with van der Waals surface area (Å²) < 4.78 is 0. The minimum Gasteiger partial charge on any atom is -0.324 e. The van der Waals surface area contributed by atoms with Crippen LogP contribution in [0.3, 0.4) is 0 Å². The Balaban J connectivity index is 1.48. The second kappa shape index (κ2) is 6.78. The smallest absolute Gasteiger partial charge is 0.256 e. The molecule has 6 nitrogen and oxygen atoms in total. The number of aryl methyl sites for hydroxylation is 1. The van der Waals surface area contributed by atoms with E-state index in [1.807, 2.05) is 37.2 Å². The van der Waals surface area contributed by atoms with Crippen molar-refractivity contribution < 1.29 is 9.59 Å². The molecular weight excluding hydrogens is 340 g/mol. The maximum atomic E-state index is 12.7. The molecule has 1 aromatic carbocycles. The molecule has 1 fully saturated rings. The van der Waals surface area contributed by atoms with Crippen molar-refractivity contribution in [3.05, 3.63) is 53.3 Å². The molecule has 0 bridgehead atoms. The first-order chi connectivity index (χ1) is 13.0. The van der Waals surface area contributed by atoms with E-state index < -0.39 is 5.54 Å². The number of carbonyl (C=O) groups excluding carboxylic acids is 2. The highest BCUT2D eigenvalue weighted by molar-refractivity contribution is 6.06. The molecule has 1 heterocycles. The molecule has 0 saturated heterocycles. The lowest BCUT2D eigenvalue weighted by Crippen LogP contribution is -2.42. The fourth-order valence-electron chi connectivity index (χ4n) is 3.79. The number of aromatic nitrogens is 1. The van der Waals surface area contributed by atoms with Gasteiger partial charge in [-0.25, -0.2) is 0 Å². The fourth-order valence-corrected chi connectivity index (χ4v) is 3.79. The van der Waals surface area contributed by atoms with Crippen LogP contribution in [0.2, 0.25) is 0 Å². The third-order valence-corrected chi connectivity index (χ3v) is 5.61. The molecule has 0 aliphatic heterocycles. The monoisotopic (exact) mass is 364 g/mol. The number of carbonyl (C=O) groups is 2. The van der Waals surface area contributed by atoms with E-state index in [0.717, 1.165) is 43.4 Å². The highest BCUT2D eigenvalue weighted by Gasteiger charge is 2.51. The summed E-state index contributed by atoms with van der Waals surface area (Å²) in [6.07, 6.45) is 6.32. The Hall–Kier alpha value is -2.73. The molecule has 27 heavy (non-hydrogen) atoms. The summed E-state index contributed by atoms with van der Waals surface area (Å²) in [6.45, 7) is 0. The summed E-state index contributed by atoms with van der Waals surface area (Å²) >= 11 is 0. The molecule has 2 amide bonds. The third-order valence-electron chi connectivity index (χ3n) is 5.61. The van der Waals surface area contributed by atoms with Crippen molar-refractivity contribution in [2.24, 2.45) is 0 Å². The summed E-state index contributed by atoms with van der Waals surface area (Å²) in [5, 5.41) is 5.93. The van der Waals surface area contributed by atoms with Crippen molar-refractivity contribution in [3.63, 3.8) is 0 Å². The Bertz CT molecular complexity index is 903. The molecule has 4 rings (SSSR count). The summed E-state index contributed by atoms with van der Waals surface area (Å²) in [4.78, 5) is 31.6.